The van der Waals surface area contributed by atoms with Gasteiger partial charge >= 0.3 is 5.97 Å². The monoisotopic (exact) mass is 254 g/mol. The topological polar surface area (TPSA) is 60.4 Å². The summed E-state index contributed by atoms with van der Waals surface area (Å²) in [5.41, 5.74) is -1.18. The van der Waals surface area contributed by atoms with Gasteiger partial charge in [0.1, 0.15) is 11.6 Å². The van der Waals surface area contributed by atoms with E-state index in [0.717, 1.165) is 0 Å². The predicted octanol–water partition coefficient (Wildman–Crippen LogP) is 2.01. The lowest BCUT2D eigenvalue weighted by molar-refractivity contribution is -0.144. The van der Waals surface area contributed by atoms with Gasteiger partial charge in [-0.2, -0.15) is 0 Å². The number of methoxy groups -OCH3 is 1. The highest BCUT2D eigenvalue weighted by molar-refractivity contribution is 6.04. The molecule has 0 aromatic carbocycles. The Labute approximate surface area is 108 Å². The Balaban J connectivity index is 2.89. The van der Waals surface area contributed by atoms with Crippen LogP contribution in [0.15, 0.2) is 0 Å². The zero-order valence-electron chi connectivity index (χ0n) is 12.0. The minimum atomic E-state index is -0.981. The van der Waals surface area contributed by atoms with Crippen LogP contribution in [-0.2, 0) is 19.1 Å². The first-order chi connectivity index (χ1) is 8.09. The Bertz CT molecular complexity index is 381. The summed E-state index contributed by atoms with van der Waals surface area (Å²) in [6.45, 7) is 8.48. The number of hydrogen-bond donors (Lipinski definition) is 0. The second-order valence-electron chi connectivity index (χ2n) is 6.08. The van der Waals surface area contributed by atoms with Gasteiger partial charge in [-0.1, -0.05) is 13.8 Å². The van der Waals surface area contributed by atoms with E-state index in [2.05, 4.69) is 0 Å². The molecule has 0 saturated heterocycles. The quantitative estimate of drug-likeness (QED) is 0.556. The van der Waals surface area contributed by atoms with E-state index in [4.69, 9.17) is 4.74 Å². The predicted molar refractivity (Wildman–Crippen MR) is 66.9 cm³/mol. The van der Waals surface area contributed by atoms with Crippen molar-refractivity contribution in [2.24, 2.45) is 22.7 Å². The number of rotatable bonds is 5. The summed E-state index contributed by atoms with van der Waals surface area (Å²) in [5.74, 6) is -0.703. The van der Waals surface area contributed by atoms with Crippen LogP contribution >= 0.6 is 0 Å². The van der Waals surface area contributed by atoms with Gasteiger partial charge in [-0.3, -0.25) is 14.4 Å². The summed E-state index contributed by atoms with van der Waals surface area (Å²) < 4.78 is 4.77. The van der Waals surface area contributed by atoms with Crippen LogP contribution < -0.4 is 0 Å². The van der Waals surface area contributed by atoms with Gasteiger partial charge in [0.05, 0.1) is 18.4 Å². The van der Waals surface area contributed by atoms with Gasteiger partial charge in [-0.15, -0.1) is 0 Å². The zero-order chi connectivity index (χ0) is 14.3. The van der Waals surface area contributed by atoms with Crippen molar-refractivity contribution in [2.45, 2.75) is 41.0 Å². The average Bonchev–Trinajstić information content (AvgIpc) is 2.78. The van der Waals surface area contributed by atoms with E-state index < -0.39 is 5.41 Å². The van der Waals surface area contributed by atoms with Crippen LogP contribution in [0.25, 0.3) is 0 Å². The number of ketones is 2. The highest BCUT2D eigenvalue weighted by atomic mass is 16.5. The molecule has 102 valence electrons. The molecule has 0 heterocycles. The molecule has 0 radical (unpaired) electrons. The largest absolute Gasteiger partial charge is 0.469 e. The average molecular weight is 254 g/mol. The molecule has 4 nitrogen and oxygen atoms in total. The van der Waals surface area contributed by atoms with Gasteiger partial charge in [0.25, 0.3) is 0 Å². The number of Topliss-reactive ketones (excluding diaryl/α,β-unsaturated/α-hetero) is 2. The molecule has 1 fully saturated rings. The number of ether oxygens (including phenoxy) is 1. The van der Waals surface area contributed by atoms with Crippen LogP contribution in [0.1, 0.15) is 41.0 Å². The van der Waals surface area contributed by atoms with Crippen molar-refractivity contribution in [3.63, 3.8) is 0 Å². The van der Waals surface area contributed by atoms with Gasteiger partial charge in [-0.25, -0.2) is 0 Å². The first kappa shape index (κ1) is 14.9. The van der Waals surface area contributed by atoms with Crippen LogP contribution in [0.2, 0.25) is 0 Å². The molecule has 0 bridgehead atoms. The van der Waals surface area contributed by atoms with Crippen LogP contribution in [0.3, 0.4) is 0 Å². The molecular weight excluding hydrogens is 232 g/mol. The first-order valence-electron chi connectivity index (χ1n) is 6.19. The third kappa shape index (κ3) is 2.20. The minimum absolute atomic E-state index is 0.0303. The Kier molecular flexibility index (Phi) is 3.70. The van der Waals surface area contributed by atoms with Gasteiger partial charge in [0, 0.05) is 0 Å². The molecule has 0 spiro atoms. The minimum Gasteiger partial charge on any atom is -0.469 e. The molecule has 4 heteroatoms. The second kappa shape index (κ2) is 4.48. The third-order valence-corrected chi connectivity index (χ3v) is 4.69. The van der Waals surface area contributed by atoms with Crippen molar-refractivity contribution in [3.05, 3.63) is 0 Å². The van der Waals surface area contributed by atoms with E-state index in [0.29, 0.717) is 6.42 Å². The van der Waals surface area contributed by atoms with Crippen LogP contribution in [0.4, 0.5) is 0 Å². The molecule has 1 rings (SSSR count). The van der Waals surface area contributed by atoms with Crippen LogP contribution in [-0.4, -0.2) is 24.6 Å². The highest BCUT2D eigenvalue weighted by Gasteiger charge is 2.64. The van der Waals surface area contributed by atoms with Crippen molar-refractivity contribution >= 4 is 17.5 Å². The lowest BCUT2D eigenvalue weighted by Crippen LogP contribution is -2.34. The van der Waals surface area contributed by atoms with Crippen molar-refractivity contribution in [3.8, 4) is 0 Å². The number of hydrogen-bond acceptors (Lipinski definition) is 4. The lowest BCUT2D eigenvalue weighted by atomic mass is 9.76. The van der Waals surface area contributed by atoms with Gasteiger partial charge in [0.15, 0.2) is 0 Å². The van der Waals surface area contributed by atoms with Gasteiger partial charge < -0.3 is 4.74 Å². The SMILES string of the molecule is COC(=O)[C@H]1[C@@H](CC(C)(C(C)=O)C(C)=O)C1(C)C. The second-order valence-corrected chi connectivity index (χ2v) is 6.08. The first-order valence-corrected chi connectivity index (χ1v) is 6.19. The molecule has 0 aromatic rings. The van der Waals surface area contributed by atoms with E-state index in [1.165, 1.54) is 21.0 Å². The molecular formula is C14H22O4. The maximum atomic E-state index is 11.7. The summed E-state index contributed by atoms with van der Waals surface area (Å²) in [4.78, 5) is 35.0. The maximum absolute atomic E-state index is 11.7. The molecule has 2 atom stereocenters. The fourth-order valence-electron chi connectivity index (χ4n) is 2.70. The van der Waals surface area contributed by atoms with Gasteiger partial charge in [0.2, 0.25) is 0 Å². The number of esters is 1. The highest BCUT2D eigenvalue weighted by Crippen LogP contribution is 2.62. The Morgan fingerprint density at radius 3 is 1.94 bits per heavy atom. The van der Waals surface area contributed by atoms with Crippen molar-refractivity contribution in [1.29, 1.82) is 0 Å². The van der Waals surface area contributed by atoms with Crippen molar-refractivity contribution in [1.82, 2.24) is 0 Å². The van der Waals surface area contributed by atoms with Crippen molar-refractivity contribution in [2.75, 3.05) is 7.11 Å². The number of carbonyl (C=O) groups is 3. The van der Waals surface area contributed by atoms with Crippen LogP contribution in [0, 0.1) is 22.7 Å². The molecule has 1 saturated carbocycles. The summed E-state index contributed by atoms with van der Waals surface area (Å²) in [6.07, 6.45) is 0.421. The molecule has 0 aliphatic heterocycles. The Hall–Kier alpha value is -1.19. The normalized spacial score (nSPS) is 25.4. The fraction of sp³-hybridized carbons (Fsp3) is 0.786. The molecule has 0 N–H and O–H groups in total. The van der Waals surface area contributed by atoms with E-state index in [1.54, 1.807) is 6.92 Å². The van der Waals surface area contributed by atoms with E-state index >= 15 is 0 Å². The van der Waals surface area contributed by atoms with Crippen LogP contribution in [0.5, 0.6) is 0 Å². The summed E-state index contributed by atoms with van der Waals surface area (Å²) in [6, 6.07) is 0. The van der Waals surface area contributed by atoms with E-state index in [-0.39, 0.29) is 34.8 Å². The van der Waals surface area contributed by atoms with Crippen molar-refractivity contribution < 1.29 is 19.1 Å². The summed E-state index contributed by atoms with van der Waals surface area (Å²) in [7, 11) is 1.36. The lowest BCUT2D eigenvalue weighted by Gasteiger charge is -2.24. The van der Waals surface area contributed by atoms with E-state index in [1.807, 2.05) is 13.8 Å². The fourth-order valence-corrected chi connectivity index (χ4v) is 2.70. The maximum Gasteiger partial charge on any atom is 0.309 e. The smallest absolute Gasteiger partial charge is 0.309 e. The zero-order valence-corrected chi connectivity index (χ0v) is 12.0. The molecule has 0 unspecified atom stereocenters. The number of carbonyl (C=O) groups excluding carboxylic acids is 3. The summed E-state index contributed by atoms with van der Waals surface area (Å²) >= 11 is 0. The standard InChI is InChI=1S/C14H22O4/c1-8(15)14(5,9(2)16)7-10-11(12(17)18-6)13(10,3)4/h10-11H,7H2,1-6H3/t10-,11-/m1/s1. The molecule has 0 aromatic heterocycles. The Morgan fingerprint density at radius 1 is 1.17 bits per heavy atom. The summed E-state index contributed by atoms with van der Waals surface area (Å²) in [5, 5.41) is 0. The molecule has 0 amide bonds. The van der Waals surface area contributed by atoms with Gasteiger partial charge in [-0.05, 0) is 38.5 Å². The third-order valence-electron chi connectivity index (χ3n) is 4.69. The molecule has 1 aliphatic rings. The Morgan fingerprint density at radius 2 is 1.61 bits per heavy atom. The molecule has 1 aliphatic carbocycles. The molecule has 18 heavy (non-hydrogen) atoms. The van der Waals surface area contributed by atoms with E-state index in [9.17, 15) is 14.4 Å².